The molecule has 0 aliphatic carbocycles. The van der Waals surface area contributed by atoms with Gasteiger partial charge in [-0.25, -0.2) is 9.97 Å². The molecule has 1 fully saturated rings. The van der Waals surface area contributed by atoms with Crippen molar-refractivity contribution in [1.29, 1.82) is 0 Å². The van der Waals surface area contributed by atoms with E-state index in [2.05, 4.69) is 28.3 Å². The second-order valence-electron chi connectivity index (χ2n) is 9.09. The number of pyridine rings is 2. The Bertz CT molecular complexity index is 1120. The average Bonchev–Trinajstić information content (AvgIpc) is 2.79. The number of fused-ring (bicyclic) bond motifs is 1. The van der Waals surface area contributed by atoms with Crippen LogP contribution in [-0.4, -0.2) is 47.3 Å². The maximum Gasteiger partial charge on any atom is 0.166 e. The highest BCUT2D eigenvalue weighted by molar-refractivity contribution is 6.01. The van der Waals surface area contributed by atoms with Gasteiger partial charge in [-0.3, -0.25) is 4.79 Å². The number of ketones is 1. The molecule has 0 unspecified atom stereocenters. The number of hydrogen-bond acceptors (Lipinski definition) is 6. The lowest BCUT2D eigenvalue weighted by Gasteiger charge is -2.29. The number of nitrogen functional groups attached to an aromatic ring is 1. The third-order valence-electron chi connectivity index (χ3n) is 6.66. The van der Waals surface area contributed by atoms with E-state index in [9.17, 15) is 4.79 Å². The quantitative estimate of drug-likeness (QED) is 0.540. The summed E-state index contributed by atoms with van der Waals surface area (Å²) in [5, 5.41) is 5.50. The lowest BCUT2D eigenvalue weighted by atomic mass is 9.96. The summed E-state index contributed by atoms with van der Waals surface area (Å²) in [6.45, 7) is 7.14. The van der Waals surface area contributed by atoms with E-state index >= 15 is 0 Å². The summed E-state index contributed by atoms with van der Waals surface area (Å²) in [5.74, 6) is 2.01. The van der Waals surface area contributed by atoms with Gasteiger partial charge in [-0.15, -0.1) is 0 Å². The first-order valence-corrected chi connectivity index (χ1v) is 11.5. The lowest BCUT2D eigenvalue weighted by molar-refractivity contribution is 0.0983. The zero-order valence-corrected chi connectivity index (χ0v) is 19.3. The van der Waals surface area contributed by atoms with Crippen LogP contribution in [-0.2, 0) is 6.42 Å². The van der Waals surface area contributed by atoms with E-state index in [0.717, 1.165) is 53.0 Å². The Kier molecular flexibility index (Phi) is 6.70. The van der Waals surface area contributed by atoms with Gasteiger partial charge in [0.15, 0.2) is 5.78 Å². The summed E-state index contributed by atoms with van der Waals surface area (Å²) in [6.07, 6.45) is 5.20. The number of aryl methyl sites for hydroxylation is 3. The zero-order chi connectivity index (χ0) is 22.7. The second-order valence-corrected chi connectivity index (χ2v) is 9.09. The number of carbonyl (C=O) groups is 1. The summed E-state index contributed by atoms with van der Waals surface area (Å²) in [6, 6.07) is 10.1. The SMILES string of the molecule is Cc1cc(C(=O)CCc2ccc3c(N)nccc3c2)c(NCC2CCN(C)CC2)nc1C. The zero-order valence-electron chi connectivity index (χ0n) is 19.3. The van der Waals surface area contributed by atoms with Gasteiger partial charge in [0.25, 0.3) is 0 Å². The van der Waals surface area contributed by atoms with E-state index in [0.29, 0.717) is 30.1 Å². The molecule has 3 heterocycles. The molecule has 3 N–H and O–H groups in total. The Morgan fingerprint density at radius 2 is 1.97 bits per heavy atom. The summed E-state index contributed by atoms with van der Waals surface area (Å²) in [7, 11) is 2.17. The molecule has 0 spiro atoms. The number of carbonyl (C=O) groups excluding carboxylic acids is 1. The number of likely N-dealkylation sites (tertiary alicyclic amines) is 1. The molecule has 0 saturated carbocycles. The van der Waals surface area contributed by atoms with Crippen LogP contribution in [0.15, 0.2) is 36.5 Å². The third kappa shape index (κ3) is 5.07. The minimum atomic E-state index is 0.126. The molecule has 3 aromatic rings. The summed E-state index contributed by atoms with van der Waals surface area (Å²) in [5.41, 5.74) is 9.79. The first-order chi connectivity index (χ1) is 15.4. The minimum absolute atomic E-state index is 0.126. The number of anilines is 2. The minimum Gasteiger partial charge on any atom is -0.383 e. The van der Waals surface area contributed by atoms with Crippen molar-refractivity contribution in [2.24, 2.45) is 5.92 Å². The van der Waals surface area contributed by atoms with E-state index < -0.39 is 0 Å². The smallest absolute Gasteiger partial charge is 0.166 e. The van der Waals surface area contributed by atoms with Crippen molar-refractivity contribution < 1.29 is 4.79 Å². The summed E-state index contributed by atoms with van der Waals surface area (Å²) in [4.78, 5) is 24.4. The van der Waals surface area contributed by atoms with Crippen LogP contribution in [0.1, 0.15) is 46.4 Å². The lowest BCUT2D eigenvalue weighted by Crippen LogP contribution is -2.33. The topological polar surface area (TPSA) is 84.1 Å². The molecule has 6 heteroatoms. The van der Waals surface area contributed by atoms with Crippen LogP contribution in [0, 0.1) is 19.8 Å². The molecule has 6 nitrogen and oxygen atoms in total. The maximum atomic E-state index is 13.2. The molecular formula is C26H33N5O. The van der Waals surface area contributed by atoms with E-state index in [1.807, 2.05) is 38.1 Å². The van der Waals surface area contributed by atoms with Crippen molar-refractivity contribution >= 4 is 28.2 Å². The Balaban J connectivity index is 1.46. The predicted molar refractivity (Wildman–Crippen MR) is 131 cm³/mol. The number of nitrogens with one attached hydrogen (secondary N) is 1. The van der Waals surface area contributed by atoms with Crippen molar-refractivity contribution in [1.82, 2.24) is 14.9 Å². The first kappa shape index (κ1) is 22.2. The number of piperidine rings is 1. The largest absolute Gasteiger partial charge is 0.383 e. The summed E-state index contributed by atoms with van der Waals surface area (Å²) >= 11 is 0. The van der Waals surface area contributed by atoms with Gasteiger partial charge in [-0.1, -0.05) is 18.2 Å². The Morgan fingerprint density at radius 3 is 2.75 bits per heavy atom. The molecular weight excluding hydrogens is 398 g/mol. The highest BCUT2D eigenvalue weighted by atomic mass is 16.1. The molecule has 0 bridgehead atoms. The molecule has 1 aliphatic rings. The van der Waals surface area contributed by atoms with Crippen LogP contribution >= 0.6 is 0 Å². The fourth-order valence-electron chi connectivity index (χ4n) is 4.36. The molecule has 32 heavy (non-hydrogen) atoms. The number of aromatic nitrogens is 2. The van der Waals surface area contributed by atoms with Crippen LogP contribution in [0.2, 0.25) is 0 Å². The standard InChI is InChI=1S/C26H33N5O/c1-17-14-23(26(30-18(17)2)29-16-20-9-12-31(3)13-10-20)24(32)7-5-19-4-6-22-21(15-19)8-11-28-25(22)27/h4,6,8,11,14-15,20H,5,7,9-10,12-13,16H2,1-3H3,(H2,27,28)(H,29,30). The second kappa shape index (κ2) is 9.65. The molecule has 168 valence electrons. The van der Waals surface area contributed by atoms with Gasteiger partial charge in [0, 0.05) is 30.2 Å². The Morgan fingerprint density at radius 1 is 1.19 bits per heavy atom. The third-order valence-corrected chi connectivity index (χ3v) is 6.66. The normalized spacial score (nSPS) is 15.2. The van der Waals surface area contributed by atoms with E-state index in [-0.39, 0.29) is 5.78 Å². The highest BCUT2D eigenvalue weighted by Gasteiger charge is 2.19. The monoisotopic (exact) mass is 431 g/mol. The first-order valence-electron chi connectivity index (χ1n) is 11.5. The van der Waals surface area contributed by atoms with Gasteiger partial charge in [-0.2, -0.15) is 0 Å². The fourth-order valence-corrected chi connectivity index (χ4v) is 4.36. The Hall–Kier alpha value is -2.99. The van der Waals surface area contributed by atoms with Crippen molar-refractivity contribution in [2.45, 2.75) is 39.5 Å². The van der Waals surface area contributed by atoms with Gasteiger partial charge < -0.3 is 16.0 Å². The molecule has 0 amide bonds. The molecule has 0 radical (unpaired) electrons. The van der Waals surface area contributed by atoms with Crippen LogP contribution in [0.5, 0.6) is 0 Å². The van der Waals surface area contributed by atoms with Gasteiger partial charge in [0.2, 0.25) is 0 Å². The van der Waals surface area contributed by atoms with Crippen LogP contribution in [0.25, 0.3) is 10.8 Å². The predicted octanol–water partition coefficient (Wildman–Crippen LogP) is 4.40. The number of benzene rings is 1. The number of nitrogens with two attached hydrogens (primary N) is 1. The highest BCUT2D eigenvalue weighted by Crippen LogP contribution is 2.24. The molecule has 4 rings (SSSR count). The van der Waals surface area contributed by atoms with Crippen LogP contribution in [0.4, 0.5) is 11.6 Å². The number of nitrogens with zero attached hydrogens (tertiary/aromatic N) is 3. The number of rotatable bonds is 7. The number of hydrogen-bond donors (Lipinski definition) is 2. The molecule has 1 aliphatic heterocycles. The molecule has 0 atom stereocenters. The van der Waals surface area contributed by atoms with Crippen molar-refractivity contribution in [3.63, 3.8) is 0 Å². The van der Waals surface area contributed by atoms with E-state index in [4.69, 9.17) is 10.7 Å². The van der Waals surface area contributed by atoms with E-state index in [1.165, 1.54) is 12.8 Å². The van der Waals surface area contributed by atoms with E-state index in [1.54, 1.807) is 6.20 Å². The van der Waals surface area contributed by atoms with Crippen LogP contribution in [0.3, 0.4) is 0 Å². The van der Waals surface area contributed by atoms with Gasteiger partial charge >= 0.3 is 0 Å². The molecule has 1 saturated heterocycles. The van der Waals surface area contributed by atoms with Crippen molar-refractivity contribution in [3.05, 3.63) is 58.9 Å². The average molecular weight is 432 g/mol. The molecule has 2 aromatic heterocycles. The Labute approximate surface area is 190 Å². The van der Waals surface area contributed by atoms with Crippen molar-refractivity contribution in [3.8, 4) is 0 Å². The number of Topliss-reactive ketones (excluding diaryl/α,β-unsaturated/α-hetero) is 1. The van der Waals surface area contributed by atoms with Crippen LogP contribution < -0.4 is 11.1 Å². The van der Waals surface area contributed by atoms with Gasteiger partial charge in [-0.05, 0) is 87.8 Å². The fraction of sp³-hybridized carbons (Fsp3) is 0.423. The van der Waals surface area contributed by atoms with Crippen molar-refractivity contribution in [2.75, 3.05) is 37.7 Å². The molecule has 1 aromatic carbocycles. The maximum absolute atomic E-state index is 13.2. The summed E-state index contributed by atoms with van der Waals surface area (Å²) < 4.78 is 0. The van der Waals surface area contributed by atoms with Gasteiger partial charge in [0.1, 0.15) is 11.6 Å². The van der Waals surface area contributed by atoms with Gasteiger partial charge in [0.05, 0.1) is 5.56 Å².